The van der Waals surface area contributed by atoms with Crippen LogP contribution in [0.2, 0.25) is 0 Å². The first-order valence-electron chi connectivity index (χ1n) is 9.12. The van der Waals surface area contributed by atoms with Gasteiger partial charge in [0.2, 0.25) is 0 Å². The first-order valence-corrected chi connectivity index (χ1v) is 9.12. The third-order valence-corrected chi connectivity index (χ3v) is 4.69. The van der Waals surface area contributed by atoms with Gasteiger partial charge >= 0.3 is 0 Å². The van der Waals surface area contributed by atoms with Crippen LogP contribution in [-0.4, -0.2) is 32.9 Å². The largest absolute Gasteiger partial charge is 0.497 e. The molecule has 146 valence electrons. The smallest absolute Gasteiger partial charge is 0.161 e. The molecule has 0 spiro atoms. The van der Waals surface area contributed by atoms with Gasteiger partial charge in [-0.15, -0.1) is 0 Å². The van der Waals surface area contributed by atoms with Crippen molar-refractivity contribution in [2.75, 3.05) is 21.3 Å². The third kappa shape index (κ3) is 3.65. The molecular weight excluding hydrogens is 366 g/mol. The number of rotatable bonds is 5. The first-order chi connectivity index (χ1) is 14.2. The lowest BCUT2D eigenvalue weighted by molar-refractivity contribution is 0.355. The Morgan fingerprint density at radius 1 is 0.724 bits per heavy atom. The number of nitrogens with one attached hydrogen (secondary N) is 1. The second-order valence-electron chi connectivity index (χ2n) is 6.35. The maximum absolute atomic E-state index is 5.46. The number of fused-ring (bicyclic) bond motifs is 1. The van der Waals surface area contributed by atoms with Gasteiger partial charge in [-0.05, 0) is 48.5 Å². The summed E-state index contributed by atoms with van der Waals surface area (Å²) in [5.74, 6) is 2.76. The van der Waals surface area contributed by atoms with Crippen molar-refractivity contribution in [2.45, 2.75) is 0 Å². The van der Waals surface area contributed by atoms with Gasteiger partial charge in [-0.25, -0.2) is 4.99 Å². The monoisotopic (exact) mass is 387 g/mol. The van der Waals surface area contributed by atoms with E-state index in [0.717, 1.165) is 33.8 Å². The Morgan fingerprint density at radius 3 is 2.17 bits per heavy atom. The molecule has 29 heavy (non-hydrogen) atoms. The van der Waals surface area contributed by atoms with E-state index in [1.807, 2.05) is 66.7 Å². The molecule has 6 nitrogen and oxygen atoms in total. The summed E-state index contributed by atoms with van der Waals surface area (Å²) in [5.41, 5.74) is 7.46. The molecule has 0 aliphatic carbocycles. The standard InChI is InChI=1S/C23H21N3O3/c1-27-17-11-8-15(9-12-17)23-24-19-7-5-4-6-18(19)22(25-26-23)16-10-13-20(28-2)21(14-16)29-3/h4-14H,1-3H3,(H,24,26). The lowest BCUT2D eigenvalue weighted by Crippen LogP contribution is -2.19. The van der Waals surface area contributed by atoms with Crippen LogP contribution in [0.3, 0.4) is 0 Å². The zero-order valence-electron chi connectivity index (χ0n) is 16.5. The molecule has 0 saturated heterocycles. The Bertz CT molecular complexity index is 1090. The summed E-state index contributed by atoms with van der Waals surface area (Å²) < 4.78 is 16.1. The highest BCUT2D eigenvalue weighted by molar-refractivity contribution is 6.18. The number of para-hydroxylation sites is 1. The Hall–Kier alpha value is -3.80. The summed E-state index contributed by atoms with van der Waals surface area (Å²) in [4.78, 5) is 4.81. The van der Waals surface area contributed by atoms with Crippen LogP contribution in [0.5, 0.6) is 17.2 Å². The van der Waals surface area contributed by atoms with Gasteiger partial charge in [-0.2, -0.15) is 5.10 Å². The summed E-state index contributed by atoms with van der Waals surface area (Å²) in [5, 5.41) is 4.67. The molecular formula is C23H21N3O3. The highest BCUT2D eigenvalue weighted by Crippen LogP contribution is 2.31. The van der Waals surface area contributed by atoms with E-state index in [1.54, 1.807) is 21.3 Å². The van der Waals surface area contributed by atoms with E-state index in [0.29, 0.717) is 17.3 Å². The molecule has 1 aliphatic heterocycles. The predicted octanol–water partition coefficient (Wildman–Crippen LogP) is 4.15. The van der Waals surface area contributed by atoms with E-state index in [1.165, 1.54) is 0 Å². The van der Waals surface area contributed by atoms with Crippen molar-refractivity contribution in [1.82, 2.24) is 5.43 Å². The Balaban J connectivity index is 1.79. The van der Waals surface area contributed by atoms with Crippen molar-refractivity contribution in [3.63, 3.8) is 0 Å². The predicted molar refractivity (Wildman–Crippen MR) is 114 cm³/mol. The van der Waals surface area contributed by atoms with Crippen LogP contribution in [0.15, 0.2) is 76.8 Å². The molecule has 0 fully saturated rings. The van der Waals surface area contributed by atoms with Crippen LogP contribution in [0, 0.1) is 0 Å². The highest BCUT2D eigenvalue weighted by Gasteiger charge is 2.18. The minimum atomic E-state index is 0.644. The van der Waals surface area contributed by atoms with Gasteiger partial charge in [-0.3, -0.25) is 5.43 Å². The van der Waals surface area contributed by atoms with Gasteiger partial charge in [-0.1, -0.05) is 18.2 Å². The quantitative estimate of drug-likeness (QED) is 0.714. The fourth-order valence-corrected chi connectivity index (χ4v) is 3.17. The number of amidine groups is 1. The SMILES string of the molecule is COc1ccc(C2=Nc3ccccc3C(c3ccc(OC)c(OC)c3)=NN2)cc1. The van der Waals surface area contributed by atoms with E-state index in [-0.39, 0.29) is 0 Å². The number of nitrogens with zero attached hydrogens (tertiary/aromatic N) is 2. The summed E-state index contributed by atoms with van der Waals surface area (Å²) >= 11 is 0. The molecule has 1 aliphatic rings. The molecule has 6 heteroatoms. The summed E-state index contributed by atoms with van der Waals surface area (Å²) in [7, 11) is 4.88. The van der Waals surface area contributed by atoms with Gasteiger partial charge in [0.05, 0.1) is 27.0 Å². The number of hydrogen-bond donors (Lipinski definition) is 1. The molecule has 3 aromatic carbocycles. The Morgan fingerprint density at radius 2 is 1.45 bits per heavy atom. The zero-order valence-corrected chi connectivity index (χ0v) is 16.5. The third-order valence-electron chi connectivity index (χ3n) is 4.69. The van der Waals surface area contributed by atoms with E-state index < -0.39 is 0 Å². The summed E-state index contributed by atoms with van der Waals surface area (Å²) in [6.07, 6.45) is 0. The number of methoxy groups -OCH3 is 3. The number of aliphatic imine (C=N–C) groups is 1. The normalized spacial score (nSPS) is 12.7. The molecule has 0 amide bonds. The van der Waals surface area contributed by atoms with Gasteiger partial charge < -0.3 is 14.2 Å². The summed E-state index contributed by atoms with van der Waals surface area (Å²) in [6, 6.07) is 21.4. The zero-order chi connectivity index (χ0) is 20.2. The first kappa shape index (κ1) is 18.6. The van der Waals surface area contributed by atoms with E-state index in [4.69, 9.17) is 19.2 Å². The van der Waals surface area contributed by atoms with Gasteiger partial charge in [0.15, 0.2) is 17.3 Å². The van der Waals surface area contributed by atoms with E-state index in [9.17, 15) is 0 Å². The van der Waals surface area contributed by atoms with Gasteiger partial charge in [0.1, 0.15) is 11.5 Å². The minimum Gasteiger partial charge on any atom is -0.497 e. The van der Waals surface area contributed by atoms with Crippen LogP contribution in [0.1, 0.15) is 16.7 Å². The highest BCUT2D eigenvalue weighted by atomic mass is 16.5. The van der Waals surface area contributed by atoms with Gasteiger partial charge in [0, 0.05) is 16.7 Å². The van der Waals surface area contributed by atoms with E-state index in [2.05, 4.69) is 10.5 Å². The molecule has 0 saturated carbocycles. The fourth-order valence-electron chi connectivity index (χ4n) is 3.17. The lowest BCUT2D eigenvalue weighted by atomic mass is 10.0. The molecule has 0 bridgehead atoms. The van der Waals surface area contributed by atoms with Crippen LogP contribution in [0.25, 0.3) is 0 Å². The number of ether oxygens (including phenoxy) is 3. The van der Waals surface area contributed by atoms with Crippen molar-refractivity contribution in [2.24, 2.45) is 10.1 Å². The molecule has 0 aromatic heterocycles. The van der Waals surface area contributed by atoms with Crippen LogP contribution in [0.4, 0.5) is 5.69 Å². The molecule has 4 rings (SSSR count). The fraction of sp³-hybridized carbons (Fsp3) is 0.130. The summed E-state index contributed by atoms with van der Waals surface area (Å²) in [6.45, 7) is 0. The molecule has 1 heterocycles. The average molecular weight is 387 g/mol. The van der Waals surface area contributed by atoms with Crippen molar-refractivity contribution in [1.29, 1.82) is 0 Å². The van der Waals surface area contributed by atoms with Crippen LogP contribution < -0.4 is 19.6 Å². The van der Waals surface area contributed by atoms with Crippen LogP contribution >= 0.6 is 0 Å². The molecule has 3 aromatic rings. The number of hydrogen-bond acceptors (Lipinski definition) is 6. The van der Waals surface area contributed by atoms with E-state index >= 15 is 0 Å². The number of hydrazone groups is 1. The lowest BCUT2D eigenvalue weighted by Gasteiger charge is -2.11. The maximum atomic E-state index is 5.46. The Labute approximate surface area is 169 Å². The average Bonchev–Trinajstić information content (AvgIpc) is 2.98. The van der Waals surface area contributed by atoms with Crippen molar-refractivity contribution < 1.29 is 14.2 Å². The molecule has 1 N–H and O–H groups in total. The van der Waals surface area contributed by atoms with Crippen molar-refractivity contribution in [3.8, 4) is 17.2 Å². The van der Waals surface area contributed by atoms with Crippen molar-refractivity contribution >= 4 is 17.2 Å². The minimum absolute atomic E-state index is 0.644. The topological polar surface area (TPSA) is 64.4 Å². The van der Waals surface area contributed by atoms with Crippen molar-refractivity contribution in [3.05, 3.63) is 83.4 Å². The molecule has 0 atom stereocenters. The van der Waals surface area contributed by atoms with Crippen LogP contribution in [-0.2, 0) is 0 Å². The Kier molecular flexibility index (Phi) is 5.16. The molecule has 0 unspecified atom stereocenters. The second-order valence-corrected chi connectivity index (χ2v) is 6.35. The number of benzene rings is 3. The maximum Gasteiger partial charge on any atom is 0.161 e. The second kappa shape index (κ2) is 8.06. The molecule has 0 radical (unpaired) electrons. The van der Waals surface area contributed by atoms with Gasteiger partial charge in [0.25, 0.3) is 0 Å².